The van der Waals surface area contributed by atoms with Gasteiger partial charge in [0.15, 0.2) is 0 Å². The number of rotatable bonds is 3. The lowest BCUT2D eigenvalue weighted by molar-refractivity contribution is -0.155. The predicted octanol–water partition coefficient (Wildman–Crippen LogP) is 2.54. The molecule has 2 N–H and O–H groups in total. The molecule has 160 valence electrons. The topological polar surface area (TPSA) is 87.7 Å². The first-order valence-electron chi connectivity index (χ1n) is 10.1. The largest absolute Gasteiger partial charge is 0.467 e. The van der Waals surface area contributed by atoms with Crippen LogP contribution in [0, 0.1) is 22.7 Å². The number of carbonyl (C=O) groups excluding carboxylic acids is 3. The summed E-state index contributed by atoms with van der Waals surface area (Å²) in [5.74, 6) is -0.208. The van der Waals surface area contributed by atoms with Crippen molar-refractivity contribution in [1.82, 2.24) is 15.5 Å². The Hall–Kier alpha value is -1.79. The van der Waals surface area contributed by atoms with Gasteiger partial charge in [-0.3, -0.25) is 4.79 Å². The van der Waals surface area contributed by atoms with Crippen LogP contribution in [0.3, 0.4) is 0 Å². The SMILES string of the molecule is COC(=O)[C@@H]1[C@H]2CC(C)(C)[C@H]2CN1C(=O)[C@@H](NC(=O)NC(C)(C)C)C(C)(C)C. The summed E-state index contributed by atoms with van der Waals surface area (Å²) in [6, 6.07) is -1.71. The third-order valence-corrected chi connectivity index (χ3v) is 6.02. The Kier molecular flexibility index (Phi) is 5.81. The van der Waals surface area contributed by atoms with Crippen molar-refractivity contribution in [2.75, 3.05) is 13.7 Å². The number of urea groups is 1. The van der Waals surface area contributed by atoms with Crippen molar-refractivity contribution < 1.29 is 19.1 Å². The van der Waals surface area contributed by atoms with Crippen molar-refractivity contribution >= 4 is 17.9 Å². The number of nitrogens with zero attached hydrogens (tertiary/aromatic N) is 1. The Morgan fingerprint density at radius 1 is 1.11 bits per heavy atom. The number of ether oxygens (including phenoxy) is 1. The molecule has 28 heavy (non-hydrogen) atoms. The molecule has 0 aromatic carbocycles. The summed E-state index contributed by atoms with van der Waals surface area (Å²) >= 11 is 0. The fourth-order valence-corrected chi connectivity index (χ4v) is 4.56. The second kappa shape index (κ2) is 7.23. The number of nitrogens with one attached hydrogen (secondary N) is 2. The van der Waals surface area contributed by atoms with Gasteiger partial charge in [-0.2, -0.15) is 0 Å². The molecule has 1 heterocycles. The molecule has 0 radical (unpaired) electrons. The monoisotopic (exact) mass is 395 g/mol. The van der Waals surface area contributed by atoms with Gasteiger partial charge in [0, 0.05) is 12.1 Å². The molecule has 2 rings (SSSR count). The lowest BCUT2D eigenvalue weighted by atomic mass is 9.55. The summed E-state index contributed by atoms with van der Waals surface area (Å²) in [5, 5.41) is 5.69. The van der Waals surface area contributed by atoms with Gasteiger partial charge in [-0.1, -0.05) is 34.6 Å². The van der Waals surface area contributed by atoms with Crippen LogP contribution < -0.4 is 10.6 Å². The maximum atomic E-state index is 13.5. The van der Waals surface area contributed by atoms with Crippen molar-refractivity contribution in [1.29, 1.82) is 0 Å². The number of methoxy groups -OCH3 is 1. The van der Waals surface area contributed by atoms with E-state index in [1.807, 2.05) is 41.5 Å². The first-order valence-corrected chi connectivity index (χ1v) is 10.1. The zero-order chi connectivity index (χ0) is 21.7. The minimum absolute atomic E-state index is 0.0975. The van der Waals surface area contributed by atoms with E-state index in [0.29, 0.717) is 6.54 Å². The summed E-state index contributed by atoms with van der Waals surface area (Å²) in [5.41, 5.74) is -0.828. The average molecular weight is 396 g/mol. The summed E-state index contributed by atoms with van der Waals surface area (Å²) in [6.07, 6.45) is 0.888. The smallest absolute Gasteiger partial charge is 0.328 e. The molecule has 7 heteroatoms. The molecular formula is C21H37N3O4. The fourth-order valence-electron chi connectivity index (χ4n) is 4.56. The van der Waals surface area contributed by atoms with Crippen molar-refractivity contribution in [3.63, 3.8) is 0 Å². The molecule has 1 saturated carbocycles. The molecule has 4 atom stereocenters. The number of fused-ring (bicyclic) bond motifs is 1. The molecule has 1 aliphatic carbocycles. The standard InChI is InChI=1S/C21H37N3O4/c1-19(2,3)15(22-18(27)23-20(4,5)6)16(25)24-11-13-12(10-21(13,7)8)14(24)17(26)28-9/h12-15H,10-11H2,1-9H3,(H2,22,23,27)/t12-,13-,14-,15+/m0/s1. The van der Waals surface area contributed by atoms with Crippen molar-refractivity contribution in [2.24, 2.45) is 22.7 Å². The van der Waals surface area contributed by atoms with Crippen LogP contribution in [0.1, 0.15) is 61.8 Å². The Bertz CT molecular complexity index is 645. The maximum absolute atomic E-state index is 13.5. The van der Waals surface area contributed by atoms with Crippen LogP contribution in [0.4, 0.5) is 4.79 Å². The van der Waals surface area contributed by atoms with Gasteiger partial charge in [-0.05, 0) is 49.9 Å². The van der Waals surface area contributed by atoms with E-state index in [4.69, 9.17) is 4.74 Å². The van der Waals surface area contributed by atoms with Gasteiger partial charge in [0.25, 0.3) is 0 Å². The second-order valence-corrected chi connectivity index (χ2v) is 11.1. The van der Waals surface area contributed by atoms with Crippen LogP contribution in [-0.4, -0.2) is 54.1 Å². The zero-order valence-electron chi connectivity index (χ0n) is 18.8. The first-order chi connectivity index (χ1) is 12.6. The van der Waals surface area contributed by atoms with Gasteiger partial charge >= 0.3 is 12.0 Å². The highest BCUT2D eigenvalue weighted by molar-refractivity contribution is 5.92. The van der Waals surface area contributed by atoms with E-state index in [-0.39, 0.29) is 29.1 Å². The number of hydrogen-bond donors (Lipinski definition) is 2. The Labute approximate surface area is 168 Å². The molecule has 7 nitrogen and oxygen atoms in total. The van der Waals surface area contributed by atoms with Crippen LogP contribution in [0.15, 0.2) is 0 Å². The summed E-state index contributed by atoms with van der Waals surface area (Å²) in [7, 11) is 1.36. The summed E-state index contributed by atoms with van der Waals surface area (Å²) in [4.78, 5) is 40.1. The zero-order valence-corrected chi connectivity index (χ0v) is 18.8. The highest BCUT2D eigenvalue weighted by Crippen LogP contribution is 2.57. The average Bonchev–Trinajstić information content (AvgIpc) is 2.83. The molecule has 1 saturated heterocycles. The predicted molar refractivity (Wildman–Crippen MR) is 108 cm³/mol. The van der Waals surface area contributed by atoms with E-state index in [9.17, 15) is 14.4 Å². The molecule has 0 spiro atoms. The Balaban J connectivity index is 2.27. The van der Waals surface area contributed by atoms with Crippen LogP contribution in [0.2, 0.25) is 0 Å². The molecule has 2 aliphatic rings. The van der Waals surface area contributed by atoms with Gasteiger partial charge in [0.2, 0.25) is 5.91 Å². The molecular weight excluding hydrogens is 358 g/mol. The third kappa shape index (κ3) is 4.44. The van der Waals surface area contributed by atoms with Crippen molar-refractivity contribution in [3.05, 3.63) is 0 Å². The van der Waals surface area contributed by atoms with Crippen molar-refractivity contribution in [2.45, 2.75) is 79.4 Å². The molecule has 3 amide bonds. The van der Waals surface area contributed by atoms with Gasteiger partial charge in [0.1, 0.15) is 12.1 Å². The molecule has 2 fully saturated rings. The lowest BCUT2D eigenvalue weighted by Gasteiger charge is -2.48. The van der Waals surface area contributed by atoms with E-state index in [0.717, 1.165) is 6.42 Å². The molecule has 0 aromatic rings. The molecule has 0 aromatic heterocycles. The van der Waals surface area contributed by atoms with E-state index < -0.39 is 29.1 Å². The molecule has 0 bridgehead atoms. The van der Waals surface area contributed by atoms with Gasteiger partial charge in [-0.25, -0.2) is 9.59 Å². The van der Waals surface area contributed by atoms with E-state index in [1.165, 1.54) is 7.11 Å². The normalized spacial score (nSPS) is 27.3. The van der Waals surface area contributed by atoms with Gasteiger partial charge in [0.05, 0.1) is 7.11 Å². The number of esters is 1. The second-order valence-electron chi connectivity index (χ2n) is 11.1. The van der Waals surface area contributed by atoms with Crippen LogP contribution in [-0.2, 0) is 14.3 Å². The number of hydrogen-bond acceptors (Lipinski definition) is 4. The van der Waals surface area contributed by atoms with Crippen LogP contribution >= 0.6 is 0 Å². The molecule has 1 aliphatic heterocycles. The number of carbonyl (C=O) groups is 3. The Morgan fingerprint density at radius 2 is 1.68 bits per heavy atom. The number of amides is 3. The van der Waals surface area contributed by atoms with Gasteiger partial charge in [-0.15, -0.1) is 0 Å². The first kappa shape index (κ1) is 22.5. The summed E-state index contributed by atoms with van der Waals surface area (Å²) < 4.78 is 5.02. The highest BCUT2D eigenvalue weighted by Gasteiger charge is 2.61. The van der Waals surface area contributed by atoms with E-state index >= 15 is 0 Å². The maximum Gasteiger partial charge on any atom is 0.328 e. The molecule has 0 unspecified atom stereocenters. The van der Waals surface area contributed by atoms with Crippen LogP contribution in [0.25, 0.3) is 0 Å². The fraction of sp³-hybridized carbons (Fsp3) is 0.857. The minimum Gasteiger partial charge on any atom is -0.467 e. The van der Waals surface area contributed by atoms with Gasteiger partial charge < -0.3 is 20.3 Å². The van der Waals surface area contributed by atoms with Crippen LogP contribution in [0.5, 0.6) is 0 Å². The number of likely N-dealkylation sites (tertiary alicyclic amines) is 1. The summed E-state index contributed by atoms with van der Waals surface area (Å²) in [6.45, 7) is 16.2. The Morgan fingerprint density at radius 3 is 2.11 bits per heavy atom. The lowest BCUT2D eigenvalue weighted by Crippen LogP contribution is -2.60. The minimum atomic E-state index is -0.748. The third-order valence-electron chi connectivity index (χ3n) is 6.02. The quantitative estimate of drug-likeness (QED) is 0.719. The van der Waals surface area contributed by atoms with E-state index in [1.54, 1.807) is 4.90 Å². The highest BCUT2D eigenvalue weighted by atomic mass is 16.5. The van der Waals surface area contributed by atoms with Crippen molar-refractivity contribution in [3.8, 4) is 0 Å². The van der Waals surface area contributed by atoms with E-state index in [2.05, 4.69) is 24.5 Å².